The Labute approximate surface area is 116 Å². The molecule has 0 radical (unpaired) electrons. The quantitative estimate of drug-likeness (QED) is 0.885. The maximum Gasteiger partial charge on any atom is 0.324 e. The molecule has 2 saturated heterocycles. The van der Waals surface area contributed by atoms with Crippen LogP contribution in [0.4, 0.5) is 4.79 Å². The van der Waals surface area contributed by atoms with Crippen LogP contribution in [0.15, 0.2) is 24.3 Å². The number of hydrogen-bond donors (Lipinski definition) is 1. The summed E-state index contributed by atoms with van der Waals surface area (Å²) in [7, 11) is 1.59. The van der Waals surface area contributed by atoms with Crippen LogP contribution in [0.2, 0.25) is 0 Å². The van der Waals surface area contributed by atoms with Crippen molar-refractivity contribution in [3.63, 3.8) is 0 Å². The van der Waals surface area contributed by atoms with Crippen LogP contribution >= 0.6 is 0 Å². The van der Waals surface area contributed by atoms with Gasteiger partial charge in [-0.2, -0.15) is 0 Å². The zero-order valence-electron chi connectivity index (χ0n) is 11.2. The zero-order chi connectivity index (χ0) is 14.1. The summed E-state index contributed by atoms with van der Waals surface area (Å²) in [6, 6.07) is 6.78. The van der Waals surface area contributed by atoms with E-state index in [1.165, 1.54) is 4.90 Å². The van der Waals surface area contributed by atoms with Crippen molar-refractivity contribution in [1.29, 1.82) is 0 Å². The van der Waals surface area contributed by atoms with Gasteiger partial charge in [0.25, 0.3) is 0 Å². The van der Waals surface area contributed by atoms with Crippen molar-refractivity contribution in [2.24, 2.45) is 5.92 Å². The Balaban J connectivity index is 1.75. The van der Waals surface area contributed by atoms with Crippen LogP contribution in [0.25, 0.3) is 0 Å². The molecule has 3 rings (SSSR count). The SMILES string of the molecule is COc1ccc(CN2C(=O)NC3COCC3C2=O)cc1. The van der Waals surface area contributed by atoms with E-state index in [0.29, 0.717) is 13.2 Å². The minimum atomic E-state index is -0.349. The molecule has 2 aliphatic heterocycles. The molecule has 0 saturated carbocycles. The molecule has 1 N–H and O–H groups in total. The van der Waals surface area contributed by atoms with E-state index in [0.717, 1.165) is 11.3 Å². The van der Waals surface area contributed by atoms with E-state index < -0.39 is 0 Å². The summed E-state index contributed by atoms with van der Waals surface area (Å²) in [5.41, 5.74) is 0.881. The highest BCUT2D eigenvalue weighted by molar-refractivity contribution is 5.98. The second kappa shape index (κ2) is 5.13. The van der Waals surface area contributed by atoms with E-state index in [-0.39, 0.29) is 30.4 Å². The van der Waals surface area contributed by atoms with Crippen LogP contribution in [-0.4, -0.2) is 43.2 Å². The Morgan fingerprint density at radius 1 is 1.30 bits per heavy atom. The van der Waals surface area contributed by atoms with Gasteiger partial charge >= 0.3 is 6.03 Å². The molecule has 2 fully saturated rings. The van der Waals surface area contributed by atoms with Crippen molar-refractivity contribution < 1.29 is 19.1 Å². The molecule has 6 nitrogen and oxygen atoms in total. The normalized spacial score (nSPS) is 25.4. The van der Waals surface area contributed by atoms with Crippen molar-refractivity contribution >= 4 is 11.9 Å². The number of methoxy groups -OCH3 is 1. The Hall–Kier alpha value is -2.08. The molecule has 2 atom stereocenters. The van der Waals surface area contributed by atoms with Crippen molar-refractivity contribution in [3.05, 3.63) is 29.8 Å². The van der Waals surface area contributed by atoms with Gasteiger partial charge < -0.3 is 14.8 Å². The minimum absolute atomic E-state index is 0.160. The standard InChI is InChI=1S/C14H16N2O4/c1-19-10-4-2-9(3-5-10)6-16-13(17)11-7-20-8-12(11)15-14(16)18/h2-5,11-12H,6-8H2,1H3,(H,15,18). The van der Waals surface area contributed by atoms with Gasteiger partial charge in [0, 0.05) is 0 Å². The Kier molecular flexibility index (Phi) is 3.31. The fourth-order valence-electron chi connectivity index (χ4n) is 2.54. The molecule has 2 heterocycles. The summed E-state index contributed by atoms with van der Waals surface area (Å²) in [4.78, 5) is 25.5. The van der Waals surface area contributed by atoms with Gasteiger partial charge in [-0.3, -0.25) is 9.69 Å². The van der Waals surface area contributed by atoms with E-state index in [2.05, 4.69) is 5.32 Å². The number of rotatable bonds is 3. The van der Waals surface area contributed by atoms with Gasteiger partial charge in [0.2, 0.25) is 5.91 Å². The molecule has 106 valence electrons. The summed E-state index contributed by atoms with van der Waals surface area (Å²) in [6.07, 6.45) is 0. The summed E-state index contributed by atoms with van der Waals surface area (Å²) in [5, 5.41) is 2.82. The molecule has 0 bridgehead atoms. The number of fused-ring (bicyclic) bond motifs is 1. The third kappa shape index (κ3) is 2.22. The molecule has 6 heteroatoms. The Bertz CT molecular complexity index is 528. The van der Waals surface area contributed by atoms with E-state index >= 15 is 0 Å². The number of carbonyl (C=O) groups excluding carboxylic acids is 2. The highest BCUT2D eigenvalue weighted by Crippen LogP contribution is 2.23. The molecule has 2 unspecified atom stereocenters. The average Bonchev–Trinajstić information content (AvgIpc) is 2.92. The van der Waals surface area contributed by atoms with Crippen molar-refractivity contribution in [3.8, 4) is 5.75 Å². The van der Waals surface area contributed by atoms with Gasteiger partial charge in [-0.25, -0.2) is 4.79 Å². The molecule has 0 spiro atoms. The Morgan fingerprint density at radius 2 is 2.05 bits per heavy atom. The van der Waals surface area contributed by atoms with E-state index in [1.54, 1.807) is 7.11 Å². The van der Waals surface area contributed by atoms with Gasteiger partial charge in [-0.15, -0.1) is 0 Å². The lowest BCUT2D eigenvalue weighted by atomic mass is 9.99. The molecular weight excluding hydrogens is 260 g/mol. The molecule has 1 aromatic carbocycles. The minimum Gasteiger partial charge on any atom is -0.497 e. The smallest absolute Gasteiger partial charge is 0.324 e. The fraction of sp³-hybridized carbons (Fsp3) is 0.429. The largest absolute Gasteiger partial charge is 0.497 e. The summed E-state index contributed by atoms with van der Waals surface area (Å²) in [6.45, 7) is 1.05. The van der Waals surface area contributed by atoms with E-state index in [9.17, 15) is 9.59 Å². The maximum atomic E-state index is 12.3. The van der Waals surface area contributed by atoms with Crippen molar-refractivity contribution in [1.82, 2.24) is 10.2 Å². The first-order valence-corrected chi connectivity index (χ1v) is 6.51. The van der Waals surface area contributed by atoms with E-state index in [1.807, 2.05) is 24.3 Å². The first-order valence-electron chi connectivity index (χ1n) is 6.51. The van der Waals surface area contributed by atoms with Crippen molar-refractivity contribution in [2.75, 3.05) is 20.3 Å². The second-order valence-corrected chi connectivity index (χ2v) is 4.97. The van der Waals surface area contributed by atoms with Crippen LogP contribution in [0.1, 0.15) is 5.56 Å². The monoisotopic (exact) mass is 276 g/mol. The number of carbonyl (C=O) groups is 2. The van der Waals surface area contributed by atoms with Gasteiger partial charge in [0.05, 0.1) is 38.8 Å². The molecule has 3 amide bonds. The third-order valence-electron chi connectivity index (χ3n) is 3.72. The maximum absolute atomic E-state index is 12.3. The summed E-state index contributed by atoms with van der Waals surface area (Å²) >= 11 is 0. The molecule has 1 aromatic rings. The van der Waals surface area contributed by atoms with Gasteiger partial charge in [0.1, 0.15) is 5.75 Å². The summed E-state index contributed by atoms with van der Waals surface area (Å²) in [5.74, 6) is 0.324. The highest BCUT2D eigenvalue weighted by atomic mass is 16.5. The number of imide groups is 1. The topological polar surface area (TPSA) is 67.9 Å². The van der Waals surface area contributed by atoms with Crippen molar-refractivity contribution in [2.45, 2.75) is 12.6 Å². The number of ether oxygens (including phenoxy) is 2. The van der Waals surface area contributed by atoms with E-state index in [4.69, 9.17) is 9.47 Å². The average molecular weight is 276 g/mol. The number of nitrogens with one attached hydrogen (secondary N) is 1. The highest BCUT2D eigenvalue weighted by Gasteiger charge is 2.44. The second-order valence-electron chi connectivity index (χ2n) is 4.97. The first-order chi connectivity index (χ1) is 9.69. The fourth-order valence-corrected chi connectivity index (χ4v) is 2.54. The lowest BCUT2D eigenvalue weighted by Gasteiger charge is -2.32. The first kappa shape index (κ1) is 12.9. The lowest BCUT2D eigenvalue weighted by molar-refractivity contribution is -0.135. The van der Waals surface area contributed by atoms with Crippen LogP contribution in [0.3, 0.4) is 0 Å². The number of amides is 3. The number of urea groups is 1. The predicted molar refractivity (Wildman–Crippen MR) is 70.2 cm³/mol. The van der Waals surface area contributed by atoms with Crippen LogP contribution < -0.4 is 10.1 Å². The molecule has 0 aromatic heterocycles. The molecule has 0 aliphatic carbocycles. The predicted octanol–water partition coefficient (Wildman–Crippen LogP) is 0.762. The Morgan fingerprint density at radius 3 is 2.75 bits per heavy atom. The zero-order valence-corrected chi connectivity index (χ0v) is 11.2. The van der Waals surface area contributed by atoms with Gasteiger partial charge in [-0.05, 0) is 17.7 Å². The number of nitrogens with zero attached hydrogens (tertiary/aromatic N) is 1. The summed E-state index contributed by atoms with van der Waals surface area (Å²) < 4.78 is 10.3. The molecule has 20 heavy (non-hydrogen) atoms. The number of hydrogen-bond acceptors (Lipinski definition) is 4. The molecule has 2 aliphatic rings. The van der Waals surface area contributed by atoms with Crippen LogP contribution in [0.5, 0.6) is 5.75 Å². The van der Waals surface area contributed by atoms with Crippen LogP contribution in [0, 0.1) is 5.92 Å². The lowest BCUT2D eigenvalue weighted by Crippen LogP contribution is -2.59. The van der Waals surface area contributed by atoms with Crippen LogP contribution in [-0.2, 0) is 16.1 Å². The molecular formula is C14H16N2O4. The number of benzene rings is 1. The third-order valence-corrected chi connectivity index (χ3v) is 3.72. The van der Waals surface area contributed by atoms with Gasteiger partial charge in [0.15, 0.2) is 0 Å². The van der Waals surface area contributed by atoms with Gasteiger partial charge in [-0.1, -0.05) is 12.1 Å².